The second-order valence-electron chi connectivity index (χ2n) is 4.91. The van der Waals surface area contributed by atoms with E-state index in [0.717, 1.165) is 63.8 Å². The van der Waals surface area contributed by atoms with Crippen molar-refractivity contribution in [1.29, 1.82) is 0 Å². The minimum atomic E-state index is 0.757. The topological polar surface area (TPSA) is 63.5 Å². The number of nitrogens with zero attached hydrogens (tertiary/aromatic N) is 3. The van der Waals surface area contributed by atoms with E-state index < -0.39 is 0 Å². The molecule has 120 valence electrons. The van der Waals surface area contributed by atoms with Crippen LogP contribution in [0.15, 0.2) is 17.4 Å². The fourth-order valence-corrected chi connectivity index (χ4v) is 2.00. The van der Waals surface area contributed by atoms with Gasteiger partial charge in [-0.1, -0.05) is 0 Å². The zero-order valence-electron chi connectivity index (χ0n) is 13.6. The summed E-state index contributed by atoms with van der Waals surface area (Å²) in [7, 11) is 1.72. The summed E-state index contributed by atoms with van der Waals surface area (Å²) in [6.07, 6.45) is 7.08. The summed E-state index contributed by atoms with van der Waals surface area (Å²) in [4.78, 5) is 8.74. The molecule has 21 heavy (non-hydrogen) atoms. The molecule has 6 heteroatoms. The first-order valence-corrected chi connectivity index (χ1v) is 7.76. The van der Waals surface area contributed by atoms with Gasteiger partial charge in [0.1, 0.15) is 5.82 Å². The quantitative estimate of drug-likeness (QED) is 0.391. The highest BCUT2D eigenvalue weighted by Crippen LogP contribution is 1.99. The maximum Gasteiger partial charge on any atom is 0.191 e. The van der Waals surface area contributed by atoms with Gasteiger partial charge in [0.05, 0.1) is 0 Å². The van der Waals surface area contributed by atoms with Gasteiger partial charge in [-0.2, -0.15) is 0 Å². The number of hydrogen-bond donors (Lipinski definition) is 2. The third kappa shape index (κ3) is 7.70. The van der Waals surface area contributed by atoms with Crippen LogP contribution >= 0.6 is 0 Å². The third-order valence-electron chi connectivity index (χ3n) is 3.16. The number of unbranched alkanes of at least 4 members (excludes halogenated alkanes) is 1. The molecule has 0 spiro atoms. The summed E-state index contributed by atoms with van der Waals surface area (Å²) >= 11 is 0. The van der Waals surface area contributed by atoms with Crippen LogP contribution in [0.3, 0.4) is 0 Å². The Bertz CT molecular complexity index is 403. The van der Waals surface area contributed by atoms with Gasteiger partial charge in [-0.25, -0.2) is 4.98 Å². The molecular weight excluding hydrogens is 266 g/mol. The SMILES string of the molecule is CCNC(=NCCCOC)NCCCCn1ccnc1C. The number of nitrogens with one attached hydrogen (secondary N) is 2. The maximum atomic E-state index is 5.02. The first-order valence-electron chi connectivity index (χ1n) is 7.76. The molecule has 1 aromatic heterocycles. The van der Waals surface area contributed by atoms with Crippen LogP contribution in [-0.4, -0.2) is 48.9 Å². The molecule has 0 saturated carbocycles. The van der Waals surface area contributed by atoms with Gasteiger partial charge >= 0.3 is 0 Å². The summed E-state index contributed by atoms with van der Waals surface area (Å²) in [6, 6.07) is 0. The standard InChI is InChI=1S/C15H29N5O/c1-4-16-15(19-9-7-13-21-3)18-8-5-6-11-20-12-10-17-14(20)2/h10,12H,4-9,11,13H2,1-3H3,(H2,16,18,19). The van der Waals surface area contributed by atoms with Crippen molar-refractivity contribution in [3.8, 4) is 0 Å². The van der Waals surface area contributed by atoms with Crippen LogP contribution in [0.4, 0.5) is 0 Å². The average Bonchev–Trinajstić information content (AvgIpc) is 2.88. The lowest BCUT2D eigenvalue weighted by Crippen LogP contribution is -2.38. The largest absolute Gasteiger partial charge is 0.385 e. The van der Waals surface area contributed by atoms with Crippen molar-refractivity contribution in [2.75, 3.05) is 33.4 Å². The first-order chi connectivity index (χ1) is 10.3. The second-order valence-corrected chi connectivity index (χ2v) is 4.91. The Morgan fingerprint density at radius 2 is 2.19 bits per heavy atom. The minimum absolute atomic E-state index is 0.757. The molecule has 0 aliphatic heterocycles. The Hall–Kier alpha value is -1.56. The molecule has 1 rings (SSSR count). The van der Waals surface area contributed by atoms with Crippen molar-refractivity contribution in [2.24, 2.45) is 4.99 Å². The molecule has 2 N–H and O–H groups in total. The van der Waals surface area contributed by atoms with Gasteiger partial charge in [0.15, 0.2) is 5.96 Å². The highest BCUT2D eigenvalue weighted by atomic mass is 16.5. The van der Waals surface area contributed by atoms with E-state index in [1.165, 1.54) is 0 Å². The van der Waals surface area contributed by atoms with Gasteiger partial charge < -0.3 is 19.9 Å². The van der Waals surface area contributed by atoms with E-state index in [4.69, 9.17) is 4.74 Å². The molecule has 1 aromatic rings. The first kappa shape index (κ1) is 17.5. The van der Waals surface area contributed by atoms with Gasteiger partial charge in [-0.05, 0) is 33.1 Å². The molecule has 0 atom stereocenters. The van der Waals surface area contributed by atoms with Crippen LogP contribution in [0.1, 0.15) is 32.0 Å². The molecule has 1 heterocycles. The smallest absolute Gasteiger partial charge is 0.191 e. The van der Waals surface area contributed by atoms with Crippen LogP contribution in [0.25, 0.3) is 0 Å². The van der Waals surface area contributed by atoms with Gasteiger partial charge in [-0.15, -0.1) is 0 Å². The number of aryl methyl sites for hydroxylation is 2. The van der Waals surface area contributed by atoms with E-state index in [9.17, 15) is 0 Å². The number of guanidine groups is 1. The Morgan fingerprint density at radius 3 is 2.86 bits per heavy atom. The molecule has 0 amide bonds. The number of aliphatic imine (C=N–C) groups is 1. The van der Waals surface area contributed by atoms with Crippen molar-refractivity contribution >= 4 is 5.96 Å². The van der Waals surface area contributed by atoms with Gasteiger partial charge in [0.2, 0.25) is 0 Å². The zero-order chi connectivity index (χ0) is 15.3. The fraction of sp³-hybridized carbons (Fsp3) is 0.733. The maximum absolute atomic E-state index is 5.02. The Kier molecular flexibility index (Phi) is 9.28. The molecular formula is C15H29N5O. The van der Waals surface area contributed by atoms with Crippen molar-refractivity contribution in [3.63, 3.8) is 0 Å². The summed E-state index contributed by atoms with van der Waals surface area (Å²) in [5, 5.41) is 6.62. The Morgan fingerprint density at radius 1 is 1.33 bits per heavy atom. The molecule has 0 unspecified atom stereocenters. The molecule has 0 aliphatic carbocycles. The van der Waals surface area contributed by atoms with E-state index in [0.29, 0.717) is 0 Å². The summed E-state index contributed by atoms with van der Waals surface area (Å²) in [6.45, 7) is 8.50. The predicted molar refractivity (Wildman–Crippen MR) is 86.7 cm³/mol. The lowest BCUT2D eigenvalue weighted by Gasteiger charge is -2.11. The van der Waals surface area contributed by atoms with Crippen LogP contribution < -0.4 is 10.6 Å². The van der Waals surface area contributed by atoms with Gasteiger partial charge in [0, 0.05) is 52.3 Å². The van der Waals surface area contributed by atoms with Crippen molar-refractivity contribution in [3.05, 3.63) is 18.2 Å². The van der Waals surface area contributed by atoms with Crippen LogP contribution in [0.2, 0.25) is 0 Å². The number of aromatic nitrogens is 2. The van der Waals surface area contributed by atoms with E-state index in [-0.39, 0.29) is 0 Å². The number of rotatable bonds is 10. The van der Waals surface area contributed by atoms with Crippen LogP contribution in [0.5, 0.6) is 0 Å². The Balaban J connectivity index is 2.16. The molecule has 6 nitrogen and oxygen atoms in total. The lowest BCUT2D eigenvalue weighted by molar-refractivity contribution is 0.197. The normalized spacial score (nSPS) is 11.7. The van der Waals surface area contributed by atoms with E-state index in [2.05, 4.69) is 32.1 Å². The molecule has 0 saturated heterocycles. The number of methoxy groups -OCH3 is 1. The van der Waals surface area contributed by atoms with Crippen molar-refractivity contribution in [1.82, 2.24) is 20.2 Å². The molecule has 0 aliphatic rings. The summed E-state index contributed by atoms with van der Waals surface area (Å²) in [5.74, 6) is 1.98. The van der Waals surface area contributed by atoms with E-state index >= 15 is 0 Å². The minimum Gasteiger partial charge on any atom is -0.385 e. The lowest BCUT2D eigenvalue weighted by atomic mass is 10.3. The molecule has 0 radical (unpaired) electrons. The molecule has 0 bridgehead atoms. The highest BCUT2D eigenvalue weighted by molar-refractivity contribution is 5.79. The van der Waals surface area contributed by atoms with Crippen molar-refractivity contribution in [2.45, 2.75) is 39.7 Å². The number of hydrogen-bond acceptors (Lipinski definition) is 3. The van der Waals surface area contributed by atoms with E-state index in [1.54, 1.807) is 7.11 Å². The summed E-state index contributed by atoms with van der Waals surface area (Å²) < 4.78 is 7.21. The highest BCUT2D eigenvalue weighted by Gasteiger charge is 1.98. The van der Waals surface area contributed by atoms with Crippen LogP contribution in [-0.2, 0) is 11.3 Å². The zero-order valence-corrected chi connectivity index (χ0v) is 13.6. The third-order valence-corrected chi connectivity index (χ3v) is 3.16. The van der Waals surface area contributed by atoms with Gasteiger partial charge in [0.25, 0.3) is 0 Å². The molecule has 0 aromatic carbocycles. The monoisotopic (exact) mass is 295 g/mol. The number of imidazole rings is 1. The fourth-order valence-electron chi connectivity index (χ4n) is 2.00. The Labute approximate surface area is 128 Å². The van der Waals surface area contributed by atoms with E-state index in [1.807, 2.05) is 19.3 Å². The van der Waals surface area contributed by atoms with Crippen molar-refractivity contribution < 1.29 is 4.74 Å². The van der Waals surface area contributed by atoms with Gasteiger partial charge in [-0.3, -0.25) is 4.99 Å². The molecule has 0 fully saturated rings. The summed E-state index contributed by atoms with van der Waals surface area (Å²) in [5.41, 5.74) is 0. The van der Waals surface area contributed by atoms with Crippen LogP contribution in [0, 0.1) is 6.92 Å². The average molecular weight is 295 g/mol. The second kappa shape index (κ2) is 11.1. The predicted octanol–water partition coefficient (Wildman–Crippen LogP) is 1.56. The number of ether oxygens (including phenoxy) is 1.